The molecule has 0 saturated carbocycles. The van der Waals surface area contributed by atoms with E-state index in [1.165, 1.54) is 6.07 Å². The Labute approximate surface area is 91.2 Å². The summed E-state index contributed by atoms with van der Waals surface area (Å²) in [5.74, 6) is -0.152. The summed E-state index contributed by atoms with van der Waals surface area (Å²) in [7, 11) is 0. The molecule has 2 rings (SSSR count). The number of nitrogens with zero attached hydrogens (tertiary/aromatic N) is 1. The van der Waals surface area contributed by atoms with Crippen LogP contribution >= 0.6 is 15.9 Å². The van der Waals surface area contributed by atoms with Crippen LogP contribution in [-0.4, -0.2) is 26.2 Å². The maximum absolute atomic E-state index is 13.5. The summed E-state index contributed by atoms with van der Waals surface area (Å²) in [5.41, 5.74) is 0.689. The van der Waals surface area contributed by atoms with Gasteiger partial charge in [-0.25, -0.2) is 4.39 Å². The number of anilines is 1. The van der Waals surface area contributed by atoms with Crippen LogP contribution in [0.25, 0.3) is 0 Å². The third-order valence-corrected chi connectivity index (χ3v) is 3.01. The van der Waals surface area contributed by atoms with E-state index in [0.29, 0.717) is 5.69 Å². The van der Waals surface area contributed by atoms with Gasteiger partial charge in [0.2, 0.25) is 0 Å². The summed E-state index contributed by atoms with van der Waals surface area (Å²) in [6.45, 7) is 3.56. The number of hydrogen-bond acceptors (Lipinski definition) is 2. The highest BCUT2D eigenvalue weighted by molar-refractivity contribution is 9.10. The molecule has 0 bridgehead atoms. The van der Waals surface area contributed by atoms with E-state index in [0.717, 1.165) is 30.7 Å². The van der Waals surface area contributed by atoms with Crippen molar-refractivity contribution in [3.05, 3.63) is 28.5 Å². The number of piperazine rings is 1. The number of para-hydroxylation sites is 1. The minimum Gasteiger partial charge on any atom is -0.366 e. The van der Waals surface area contributed by atoms with Gasteiger partial charge in [0.05, 0.1) is 5.69 Å². The largest absolute Gasteiger partial charge is 0.366 e. The monoisotopic (exact) mass is 258 g/mol. The summed E-state index contributed by atoms with van der Waals surface area (Å²) in [5, 5.41) is 3.24. The van der Waals surface area contributed by atoms with E-state index in [1.54, 1.807) is 6.07 Å². The number of rotatable bonds is 1. The summed E-state index contributed by atoms with van der Waals surface area (Å²) >= 11 is 3.38. The van der Waals surface area contributed by atoms with Gasteiger partial charge in [0.25, 0.3) is 0 Å². The molecule has 0 aromatic heterocycles. The molecule has 14 heavy (non-hydrogen) atoms. The fourth-order valence-corrected chi connectivity index (χ4v) is 2.27. The van der Waals surface area contributed by atoms with Crippen molar-refractivity contribution in [1.29, 1.82) is 0 Å². The first-order valence-electron chi connectivity index (χ1n) is 4.69. The van der Waals surface area contributed by atoms with E-state index < -0.39 is 0 Å². The summed E-state index contributed by atoms with van der Waals surface area (Å²) < 4.78 is 14.4. The normalized spacial score (nSPS) is 17.1. The lowest BCUT2D eigenvalue weighted by Gasteiger charge is -2.30. The highest BCUT2D eigenvalue weighted by Crippen LogP contribution is 2.29. The third-order valence-electron chi connectivity index (χ3n) is 2.37. The second-order valence-corrected chi connectivity index (χ2v) is 4.16. The summed E-state index contributed by atoms with van der Waals surface area (Å²) in [6, 6.07) is 5.09. The minimum atomic E-state index is -0.152. The second kappa shape index (κ2) is 4.28. The molecule has 1 aliphatic heterocycles. The van der Waals surface area contributed by atoms with E-state index in [-0.39, 0.29) is 5.82 Å². The standard InChI is InChI=1S/C10H12BrFN2/c11-8-2-1-3-9(12)10(8)14-6-4-13-5-7-14/h1-3,13H,4-7H2. The highest BCUT2D eigenvalue weighted by atomic mass is 79.9. The minimum absolute atomic E-state index is 0.152. The molecule has 0 unspecified atom stereocenters. The first-order chi connectivity index (χ1) is 6.79. The SMILES string of the molecule is Fc1cccc(Br)c1N1CCNCC1. The fourth-order valence-electron chi connectivity index (χ4n) is 1.68. The van der Waals surface area contributed by atoms with Crippen molar-refractivity contribution in [3.63, 3.8) is 0 Å². The van der Waals surface area contributed by atoms with Crippen LogP contribution in [-0.2, 0) is 0 Å². The van der Waals surface area contributed by atoms with Gasteiger partial charge in [0.1, 0.15) is 5.82 Å². The molecule has 2 nitrogen and oxygen atoms in total. The Morgan fingerprint density at radius 1 is 1.29 bits per heavy atom. The molecule has 0 amide bonds. The summed E-state index contributed by atoms with van der Waals surface area (Å²) in [4.78, 5) is 2.07. The van der Waals surface area contributed by atoms with Gasteiger partial charge in [-0.3, -0.25) is 0 Å². The van der Waals surface area contributed by atoms with E-state index in [9.17, 15) is 4.39 Å². The third kappa shape index (κ3) is 1.91. The van der Waals surface area contributed by atoms with Crippen molar-refractivity contribution >= 4 is 21.6 Å². The van der Waals surface area contributed by atoms with E-state index in [4.69, 9.17) is 0 Å². The molecular formula is C10H12BrFN2. The molecule has 0 radical (unpaired) electrons. The van der Waals surface area contributed by atoms with Crippen molar-refractivity contribution in [2.24, 2.45) is 0 Å². The Hall–Kier alpha value is -0.610. The van der Waals surface area contributed by atoms with Crippen LogP contribution in [0.2, 0.25) is 0 Å². The van der Waals surface area contributed by atoms with Crippen LogP contribution in [0.4, 0.5) is 10.1 Å². The molecule has 4 heteroatoms. The zero-order valence-electron chi connectivity index (χ0n) is 7.76. The van der Waals surface area contributed by atoms with Gasteiger partial charge in [-0.2, -0.15) is 0 Å². The molecular weight excluding hydrogens is 247 g/mol. The van der Waals surface area contributed by atoms with Crippen LogP contribution in [0.5, 0.6) is 0 Å². The van der Waals surface area contributed by atoms with Crippen molar-refractivity contribution in [2.75, 3.05) is 31.1 Å². The molecule has 0 spiro atoms. The van der Waals surface area contributed by atoms with Crippen molar-refractivity contribution in [1.82, 2.24) is 5.32 Å². The lowest BCUT2D eigenvalue weighted by atomic mass is 10.2. The highest BCUT2D eigenvalue weighted by Gasteiger charge is 2.16. The quantitative estimate of drug-likeness (QED) is 0.829. The van der Waals surface area contributed by atoms with Gasteiger partial charge < -0.3 is 10.2 Å². The fraction of sp³-hybridized carbons (Fsp3) is 0.400. The van der Waals surface area contributed by atoms with E-state index in [1.807, 2.05) is 6.07 Å². The number of halogens is 2. The molecule has 1 heterocycles. The second-order valence-electron chi connectivity index (χ2n) is 3.31. The predicted octanol–water partition coefficient (Wildman–Crippen LogP) is 2.00. The number of benzene rings is 1. The molecule has 1 N–H and O–H groups in total. The average Bonchev–Trinajstić information content (AvgIpc) is 2.19. The van der Waals surface area contributed by atoms with Crippen LogP contribution in [0.15, 0.2) is 22.7 Å². The molecule has 1 aliphatic rings. The zero-order chi connectivity index (χ0) is 9.97. The Bertz CT molecular complexity index is 304. The van der Waals surface area contributed by atoms with Gasteiger partial charge in [0.15, 0.2) is 0 Å². The first kappa shape index (κ1) is 9.93. The lowest BCUT2D eigenvalue weighted by molar-refractivity contribution is 0.565. The van der Waals surface area contributed by atoms with Gasteiger partial charge in [-0.15, -0.1) is 0 Å². The first-order valence-corrected chi connectivity index (χ1v) is 5.48. The average molecular weight is 259 g/mol. The predicted molar refractivity (Wildman–Crippen MR) is 59.2 cm³/mol. The smallest absolute Gasteiger partial charge is 0.147 e. The summed E-state index contributed by atoms with van der Waals surface area (Å²) in [6.07, 6.45) is 0. The maximum atomic E-state index is 13.5. The molecule has 1 aromatic carbocycles. The zero-order valence-corrected chi connectivity index (χ0v) is 9.35. The molecule has 0 atom stereocenters. The Kier molecular flexibility index (Phi) is 3.03. The van der Waals surface area contributed by atoms with Crippen LogP contribution < -0.4 is 10.2 Å². The van der Waals surface area contributed by atoms with Gasteiger partial charge >= 0.3 is 0 Å². The van der Waals surface area contributed by atoms with Crippen LogP contribution in [0.3, 0.4) is 0 Å². The van der Waals surface area contributed by atoms with Crippen LogP contribution in [0.1, 0.15) is 0 Å². The van der Waals surface area contributed by atoms with Crippen molar-refractivity contribution in [3.8, 4) is 0 Å². The molecule has 76 valence electrons. The van der Waals surface area contributed by atoms with Gasteiger partial charge in [-0.05, 0) is 28.1 Å². The van der Waals surface area contributed by atoms with Crippen molar-refractivity contribution < 1.29 is 4.39 Å². The molecule has 1 fully saturated rings. The van der Waals surface area contributed by atoms with Gasteiger partial charge in [-0.1, -0.05) is 6.07 Å². The molecule has 1 aromatic rings. The Morgan fingerprint density at radius 2 is 2.00 bits per heavy atom. The van der Waals surface area contributed by atoms with Crippen LogP contribution in [0, 0.1) is 5.82 Å². The Balaban J connectivity index is 2.29. The van der Waals surface area contributed by atoms with E-state index in [2.05, 4.69) is 26.1 Å². The molecule has 0 aliphatic carbocycles. The van der Waals surface area contributed by atoms with Gasteiger partial charge in [0, 0.05) is 30.7 Å². The molecule has 1 saturated heterocycles. The lowest BCUT2D eigenvalue weighted by Crippen LogP contribution is -2.44. The number of hydrogen-bond donors (Lipinski definition) is 1. The Morgan fingerprint density at radius 3 is 2.64 bits per heavy atom. The maximum Gasteiger partial charge on any atom is 0.147 e. The van der Waals surface area contributed by atoms with E-state index >= 15 is 0 Å². The topological polar surface area (TPSA) is 15.3 Å². The number of nitrogens with one attached hydrogen (secondary N) is 1. The van der Waals surface area contributed by atoms with Crippen molar-refractivity contribution in [2.45, 2.75) is 0 Å².